The molecule has 1 aliphatic rings. The molecule has 2 rings (SSSR count). The maximum atomic E-state index is 4.87. The summed E-state index contributed by atoms with van der Waals surface area (Å²) >= 11 is 0. The van der Waals surface area contributed by atoms with Crippen molar-refractivity contribution >= 4 is 11.4 Å². The van der Waals surface area contributed by atoms with Crippen molar-refractivity contribution in [2.75, 3.05) is 19.5 Å². The topological polar surface area (TPSA) is 46.5 Å². The number of aryl methyl sites for hydroxylation is 2. The minimum absolute atomic E-state index is 0.968. The summed E-state index contributed by atoms with van der Waals surface area (Å²) in [4.78, 5) is 9.40. The first-order valence-corrected chi connectivity index (χ1v) is 6.08. The smallest absolute Gasteiger partial charge is 0.106 e. The van der Waals surface area contributed by atoms with Gasteiger partial charge >= 0.3 is 0 Å². The van der Waals surface area contributed by atoms with E-state index >= 15 is 0 Å². The minimum atomic E-state index is 0.968. The number of pyridine rings is 1. The normalized spacial score (nSPS) is 18.1. The number of anilines is 1. The first kappa shape index (κ1) is 11.9. The van der Waals surface area contributed by atoms with Crippen molar-refractivity contribution in [3.05, 3.63) is 23.5 Å². The van der Waals surface area contributed by atoms with Crippen LogP contribution in [-0.2, 0) is 17.7 Å². The number of fused-ring (bicyclic) bond motifs is 1. The zero-order chi connectivity index (χ0) is 12.1. The third kappa shape index (κ3) is 2.96. The predicted molar refractivity (Wildman–Crippen MR) is 69.5 cm³/mol. The Morgan fingerprint density at radius 3 is 2.94 bits per heavy atom. The summed E-state index contributed by atoms with van der Waals surface area (Å²) < 4.78 is 0. The highest BCUT2D eigenvalue weighted by Gasteiger charge is 2.12. The standard InChI is InChI=1S/C13H19N3O/c1-14-12-8-10-6-7-11(16-17-2)4-3-5-13(10)15-9-12/h8-9,14H,3-7H2,1-2H3/b16-11+. The van der Waals surface area contributed by atoms with E-state index in [1.807, 2.05) is 13.2 Å². The zero-order valence-electron chi connectivity index (χ0n) is 10.5. The van der Waals surface area contributed by atoms with Crippen LogP contribution in [-0.4, -0.2) is 24.9 Å². The van der Waals surface area contributed by atoms with Crippen LogP contribution >= 0.6 is 0 Å². The van der Waals surface area contributed by atoms with Crippen molar-refractivity contribution in [2.24, 2.45) is 5.16 Å². The van der Waals surface area contributed by atoms with Gasteiger partial charge in [-0.3, -0.25) is 4.98 Å². The average Bonchev–Trinajstić information content (AvgIpc) is 2.33. The molecule has 1 heterocycles. The lowest BCUT2D eigenvalue weighted by atomic mass is 9.96. The van der Waals surface area contributed by atoms with Gasteiger partial charge in [0.1, 0.15) is 7.11 Å². The van der Waals surface area contributed by atoms with Crippen molar-refractivity contribution in [2.45, 2.75) is 32.1 Å². The van der Waals surface area contributed by atoms with E-state index in [-0.39, 0.29) is 0 Å². The number of hydrogen-bond acceptors (Lipinski definition) is 4. The molecule has 0 saturated heterocycles. The molecule has 1 aliphatic carbocycles. The highest BCUT2D eigenvalue weighted by Crippen LogP contribution is 2.20. The first-order valence-electron chi connectivity index (χ1n) is 6.08. The molecule has 4 heteroatoms. The summed E-state index contributed by atoms with van der Waals surface area (Å²) in [5.74, 6) is 0. The molecule has 0 saturated carbocycles. The fourth-order valence-electron chi connectivity index (χ4n) is 2.20. The molecule has 0 aliphatic heterocycles. The van der Waals surface area contributed by atoms with Gasteiger partial charge in [-0.25, -0.2) is 0 Å². The van der Waals surface area contributed by atoms with Gasteiger partial charge in [-0.1, -0.05) is 5.16 Å². The third-order valence-electron chi connectivity index (χ3n) is 3.13. The van der Waals surface area contributed by atoms with E-state index in [4.69, 9.17) is 4.84 Å². The van der Waals surface area contributed by atoms with Crippen molar-refractivity contribution in [1.82, 2.24) is 4.98 Å². The van der Waals surface area contributed by atoms with E-state index < -0.39 is 0 Å². The van der Waals surface area contributed by atoms with Gasteiger partial charge in [0, 0.05) is 12.7 Å². The molecular weight excluding hydrogens is 214 g/mol. The summed E-state index contributed by atoms with van der Waals surface area (Å²) in [6.07, 6.45) is 7.02. The molecule has 0 aromatic carbocycles. The maximum absolute atomic E-state index is 4.87. The van der Waals surface area contributed by atoms with Crippen LogP contribution in [0, 0.1) is 0 Å². The fourth-order valence-corrected chi connectivity index (χ4v) is 2.20. The van der Waals surface area contributed by atoms with E-state index in [9.17, 15) is 0 Å². The number of nitrogens with zero attached hydrogens (tertiary/aromatic N) is 2. The Morgan fingerprint density at radius 1 is 1.29 bits per heavy atom. The summed E-state index contributed by atoms with van der Waals surface area (Å²) in [5.41, 5.74) is 4.81. The number of hydrogen-bond donors (Lipinski definition) is 1. The number of nitrogens with one attached hydrogen (secondary N) is 1. The fraction of sp³-hybridized carbons (Fsp3) is 0.538. The average molecular weight is 233 g/mol. The third-order valence-corrected chi connectivity index (χ3v) is 3.13. The van der Waals surface area contributed by atoms with E-state index in [1.165, 1.54) is 11.3 Å². The van der Waals surface area contributed by atoms with Gasteiger partial charge in [-0.05, 0) is 43.7 Å². The second kappa shape index (κ2) is 5.66. The molecule has 17 heavy (non-hydrogen) atoms. The van der Waals surface area contributed by atoms with Gasteiger partial charge in [0.15, 0.2) is 0 Å². The lowest BCUT2D eigenvalue weighted by molar-refractivity contribution is 0.211. The Kier molecular flexibility index (Phi) is 3.96. The molecule has 0 bridgehead atoms. The summed E-state index contributed by atoms with van der Waals surface area (Å²) in [7, 11) is 3.53. The van der Waals surface area contributed by atoms with Gasteiger partial charge < -0.3 is 10.2 Å². The highest BCUT2D eigenvalue weighted by molar-refractivity contribution is 5.84. The Morgan fingerprint density at radius 2 is 2.18 bits per heavy atom. The zero-order valence-corrected chi connectivity index (χ0v) is 10.5. The monoisotopic (exact) mass is 233 g/mol. The van der Waals surface area contributed by atoms with Crippen molar-refractivity contribution in [3.63, 3.8) is 0 Å². The first-order chi connectivity index (χ1) is 8.33. The Hall–Kier alpha value is -1.58. The molecule has 1 N–H and O–H groups in total. The lowest BCUT2D eigenvalue weighted by Crippen LogP contribution is -2.10. The molecule has 4 nitrogen and oxygen atoms in total. The van der Waals surface area contributed by atoms with Crippen LogP contribution in [0.1, 0.15) is 30.5 Å². The van der Waals surface area contributed by atoms with Crippen LogP contribution in [0.15, 0.2) is 17.4 Å². The van der Waals surface area contributed by atoms with Crippen molar-refractivity contribution in [3.8, 4) is 0 Å². The van der Waals surface area contributed by atoms with Gasteiger partial charge in [-0.2, -0.15) is 0 Å². The van der Waals surface area contributed by atoms with E-state index in [0.717, 1.165) is 43.5 Å². The molecule has 1 aromatic rings. The summed E-state index contributed by atoms with van der Waals surface area (Å²) in [6, 6.07) is 2.19. The second-order valence-corrected chi connectivity index (χ2v) is 4.27. The quantitative estimate of drug-likeness (QED) is 0.798. The Bertz CT molecular complexity index is 415. The molecule has 1 aromatic heterocycles. The summed E-state index contributed by atoms with van der Waals surface area (Å²) in [6.45, 7) is 0. The molecule has 92 valence electrons. The van der Waals surface area contributed by atoms with Crippen LogP contribution in [0.5, 0.6) is 0 Å². The molecule has 0 radical (unpaired) electrons. The molecule has 0 unspecified atom stereocenters. The number of rotatable bonds is 2. The molecule has 0 atom stereocenters. The van der Waals surface area contributed by atoms with Crippen LogP contribution in [0.3, 0.4) is 0 Å². The van der Waals surface area contributed by atoms with Crippen LogP contribution in [0.4, 0.5) is 5.69 Å². The van der Waals surface area contributed by atoms with E-state index in [2.05, 4.69) is 21.5 Å². The van der Waals surface area contributed by atoms with E-state index in [1.54, 1.807) is 7.11 Å². The van der Waals surface area contributed by atoms with Gasteiger partial charge in [0.2, 0.25) is 0 Å². The van der Waals surface area contributed by atoms with Crippen LogP contribution < -0.4 is 5.32 Å². The van der Waals surface area contributed by atoms with Crippen LogP contribution in [0.25, 0.3) is 0 Å². The largest absolute Gasteiger partial charge is 0.399 e. The summed E-state index contributed by atoms with van der Waals surface area (Å²) in [5, 5.41) is 7.21. The lowest BCUT2D eigenvalue weighted by Gasteiger charge is -2.15. The van der Waals surface area contributed by atoms with Crippen molar-refractivity contribution in [1.29, 1.82) is 0 Å². The Balaban J connectivity index is 2.19. The van der Waals surface area contributed by atoms with Gasteiger partial charge in [-0.15, -0.1) is 0 Å². The van der Waals surface area contributed by atoms with E-state index in [0.29, 0.717) is 0 Å². The number of aromatic nitrogens is 1. The number of oxime groups is 1. The predicted octanol–water partition coefficient (Wildman–Crippen LogP) is 2.39. The highest BCUT2D eigenvalue weighted by atomic mass is 16.6. The molecule has 0 spiro atoms. The van der Waals surface area contributed by atoms with Gasteiger partial charge in [0.25, 0.3) is 0 Å². The molecule has 0 amide bonds. The second-order valence-electron chi connectivity index (χ2n) is 4.27. The SMILES string of the molecule is CNc1cnc2c(c1)CC/C(=N/OC)CCC2. The molecule has 0 fully saturated rings. The van der Waals surface area contributed by atoms with Crippen molar-refractivity contribution < 1.29 is 4.84 Å². The van der Waals surface area contributed by atoms with Crippen LogP contribution in [0.2, 0.25) is 0 Å². The van der Waals surface area contributed by atoms with Gasteiger partial charge in [0.05, 0.1) is 17.6 Å². The minimum Gasteiger partial charge on any atom is -0.399 e. The Labute approximate surface area is 102 Å². The molecular formula is C13H19N3O. The maximum Gasteiger partial charge on any atom is 0.106 e.